The summed E-state index contributed by atoms with van der Waals surface area (Å²) >= 11 is 18.0. The number of halogens is 6. The molecule has 1 aromatic heterocycles. The van der Waals surface area contributed by atoms with Crippen molar-refractivity contribution in [3.8, 4) is 5.75 Å². The topological polar surface area (TPSA) is 51.2 Å². The van der Waals surface area contributed by atoms with Gasteiger partial charge in [0.25, 0.3) is 0 Å². The molecule has 0 amide bonds. The Hall–Kier alpha value is -2.48. The number of rotatable bonds is 4. The number of ether oxygens (including phenoxy) is 1. The average molecular weight is 476 g/mol. The van der Waals surface area contributed by atoms with Crippen LogP contribution in [0.4, 0.5) is 24.7 Å². The first kappa shape index (κ1) is 22.2. The molecule has 2 aromatic carbocycles. The zero-order valence-electron chi connectivity index (χ0n) is 15.2. The summed E-state index contributed by atoms with van der Waals surface area (Å²) in [7, 11) is 0. The van der Waals surface area contributed by atoms with Crippen molar-refractivity contribution in [3.05, 3.63) is 80.4 Å². The molecule has 30 heavy (non-hydrogen) atoms. The fourth-order valence-electron chi connectivity index (χ4n) is 2.50. The molecule has 0 aliphatic carbocycles. The fourth-order valence-corrected chi connectivity index (χ4v) is 3.21. The predicted molar refractivity (Wildman–Crippen MR) is 110 cm³/mol. The van der Waals surface area contributed by atoms with Gasteiger partial charge in [-0.15, -0.1) is 0 Å². The third-order valence-corrected chi connectivity index (χ3v) is 4.81. The van der Waals surface area contributed by atoms with Gasteiger partial charge in [0.05, 0.1) is 15.7 Å². The van der Waals surface area contributed by atoms with Crippen LogP contribution in [0.15, 0.2) is 48.5 Å². The number of anilines is 2. The standard InChI is InChI=1S/C20H12Cl3F3N2O2/c1-10-3-2-4-13(22)17(10)28-18-12(6-8-16(27-18)20(24,25)26)19(29)30-15-7-5-11(21)9-14(15)23/h2-9H,1H3,(H,27,28). The van der Waals surface area contributed by atoms with Gasteiger partial charge in [-0.1, -0.05) is 46.9 Å². The summed E-state index contributed by atoms with van der Waals surface area (Å²) in [6, 6.07) is 10.8. The number of para-hydroxylation sites is 1. The number of aryl methyl sites for hydroxylation is 1. The molecule has 156 valence electrons. The molecule has 0 saturated carbocycles. The maximum absolute atomic E-state index is 13.2. The summed E-state index contributed by atoms with van der Waals surface area (Å²) in [5, 5.41) is 3.35. The molecule has 0 fully saturated rings. The minimum absolute atomic E-state index is 0.00848. The van der Waals surface area contributed by atoms with E-state index < -0.39 is 17.8 Å². The van der Waals surface area contributed by atoms with E-state index in [9.17, 15) is 18.0 Å². The highest BCUT2D eigenvalue weighted by molar-refractivity contribution is 6.35. The minimum Gasteiger partial charge on any atom is -0.421 e. The zero-order valence-corrected chi connectivity index (χ0v) is 17.4. The molecule has 1 N–H and O–H groups in total. The monoisotopic (exact) mass is 474 g/mol. The van der Waals surface area contributed by atoms with E-state index in [1.807, 2.05) is 0 Å². The number of alkyl halides is 3. The Morgan fingerprint density at radius 3 is 2.40 bits per heavy atom. The van der Waals surface area contributed by atoms with Crippen LogP contribution in [0.2, 0.25) is 15.1 Å². The van der Waals surface area contributed by atoms with E-state index in [0.29, 0.717) is 22.3 Å². The molecular formula is C20H12Cl3F3N2O2. The largest absolute Gasteiger partial charge is 0.433 e. The van der Waals surface area contributed by atoms with E-state index in [1.165, 1.54) is 18.2 Å². The van der Waals surface area contributed by atoms with E-state index >= 15 is 0 Å². The lowest BCUT2D eigenvalue weighted by atomic mass is 10.1. The lowest BCUT2D eigenvalue weighted by Crippen LogP contribution is -2.16. The molecule has 0 spiro atoms. The lowest BCUT2D eigenvalue weighted by Gasteiger charge is -2.16. The first-order valence-electron chi connectivity index (χ1n) is 8.34. The Morgan fingerprint density at radius 2 is 1.77 bits per heavy atom. The van der Waals surface area contributed by atoms with Crippen molar-refractivity contribution in [3.63, 3.8) is 0 Å². The number of aromatic nitrogens is 1. The summed E-state index contributed by atoms with van der Waals surface area (Å²) < 4.78 is 44.7. The lowest BCUT2D eigenvalue weighted by molar-refractivity contribution is -0.141. The van der Waals surface area contributed by atoms with Crippen molar-refractivity contribution in [1.82, 2.24) is 4.98 Å². The highest BCUT2D eigenvalue weighted by Crippen LogP contribution is 2.34. The molecule has 0 bridgehead atoms. The van der Waals surface area contributed by atoms with Gasteiger partial charge < -0.3 is 10.1 Å². The second-order valence-corrected chi connectivity index (χ2v) is 7.36. The third-order valence-electron chi connectivity index (χ3n) is 3.97. The minimum atomic E-state index is -4.71. The average Bonchev–Trinajstić information content (AvgIpc) is 2.66. The van der Waals surface area contributed by atoms with Crippen LogP contribution in [0.25, 0.3) is 0 Å². The maximum atomic E-state index is 13.2. The Morgan fingerprint density at radius 1 is 1.03 bits per heavy atom. The van der Waals surface area contributed by atoms with E-state index in [4.69, 9.17) is 39.5 Å². The maximum Gasteiger partial charge on any atom is 0.433 e. The van der Waals surface area contributed by atoms with Crippen LogP contribution in [0.5, 0.6) is 5.75 Å². The van der Waals surface area contributed by atoms with Crippen LogP contribution in [-0.2, 0) is 6.18 Å². The second kappa shape index (κ2) is 8.71. The highest BCUT2D eigenvalue weighted by Gasteiger charge is 2.34. The molecule has 0 aliphatic heterocycles. The van der Waals surface area contributed by atoms with E-state index in [0.717, 1.165) is 6.07 Å². The van der Waals surface area contributed by atoms with Crippen LogP contribution >= 0.6 is 34.8 Å². The molecule has 3 aromatic rings. The van der Waals surface area contributed by atoms with Gasteiger partial charge in [-0.25, -0.2) is 9.78 Å². The summed E-state index contributed by atoms with van der Waals surface area (Å²) in [6.45, 7) is 1.70. The Kier molecular flexibility index (Phi) is 6.45. The normalized spacial score (nSPS) is 11.3. The molecule has 0 unspecified atom stereocenters. The second-order valence-electron chi connectivity index (χ2n) is 6.11. The van der Waals surface area contributed by atoms with Gasteiger partial charge >= 0.3 is 12.1 Å². The molecular weight excluding hydrogens is 464 g/mol. The van der Waals surface area contributed by atoms with Gasteiger partial charge in [-0.3, -0.25) is 0 Å². The SMILES string of the molecule is Cc1cccc(Cl)c1Nc1nc(C(F)(F)F)ccc1C(=O)Oc1ccc(Cl)cc1Cl. The van der Waals surface area contributed by atoms with Crippen molar-refractivity contribution < 1.29 is 22.7 Å². The van der Waals surface area contributed by atoms with E-state index in [1.54, 1.807) is 25.1 Å². The Bertz CT molecular complexity index is 1100. The predicted octanol–water partition coefficient (Wildman–Crippen LogP) is 7.33. The number of carbonyl (C=O) groups excluding carboxylic acids is 1. The van der Waals surface area contributed by atoms with Crippen LogP contribution in [-0.4, -0.2) is 11.0 Å². The molecule has 0 radical (unpaired) electrons. The van der Waals surface area contributed by atoms with Crippen LogP contribution in [0.1, 0.15) is 21.6 Å². The quantitative estimate of drug-likeness (QED) is 0.317. The van der Waals surface area contributed by atoms with Gasteiger partial charge in [0.2, 0.25) is 0 Å². The molecule has 3 rings (SSSR count). The van der Waals surface area contributed by atoms with Gasteiger partial charge in [-0.05, 0) is 48.9 Å². The number of nitrogens with zero attached hydrogens (tertiary/aromatic N) is 1. The van der Waals surface area contributed by atoms with Gasteiger partial charge in [0, 0.05) is 5.02 Å². The first-order chi connectivity index (χ1) is 14.1. The molecule has 1 heterocycles. The highest BCUT2D eigenvalue weighted by atomic mass is 35.5. The van der Waals surface area contributed by atoms with E-state index in [-0.39, 0.29) is 27.2 Å². The van der Waals surface area contributed by atoms with Crippen molar-refractivity contribution in [2.75, 3.05) is 5.32 Å². The summed E-state index contributed by atoms with van der Waals surface area (Å²) in [5.74, 6) is -1.34. The van der Waals surface area contributed by atoms with Gasteiger partial charge in [0.1, 0.15) is 22.8 Å². The smallest absolute Gasteiger partial charge is 0.421 e. The van der Waals surface area contributed by atoms with Crippen molar-refractivity contribution in [2.24, 2.45) is 0 Å². The molecule has 0 aliphatic rings. The summed E-state index contributed by atoms with van der Waals surface area (Å²) in [6.07, 6.45) is -4.71. The number of esters is 1. The Labute approximate surface area is 184 Å². The number of nitrogens with one attached hydrogen (secondary N) is 1. The molecule has 0 atom stereocenters. The summed E-state index contributed by atoms with van der Waals surface area (Å²) in [4.78, 5) is 16.3. The number of hydrogen-bond acceptors (Lipinski definition) is 4. The molecule has 10 heteroatoms. The van der Waals surface area contributed by atoms with E-state index in [2.05, 4.69) is 10.3 Å². The molecule has 4 nitrogen and oxygen atoms in total. The fraction of sp³-hybridized carbons (Fsp3) is 0.100. The van der Waals surface area contributed by atoms with Crippen molar-refractivity contribution in [2.45, 2.75) is 13.1 Å². The zero-order chi connectivity index (χ0) is 22.1. The van der Waals surface area contributed by atoms with Crippen molar-refractivity contribution in [1.29, 1.82) is 0 Å². The van der Waals surface area contributed by atoms with Gasteiger partial charge in [-0.2, -0.15) is 13.2 Å². The van der Waals surface area contributed by atoms with Crippen LogP contribution in [0.3, 0.4) is 0 Å². The third kappa shape index (κ3) is 4.98. The van der Waals surface area contributed by atoms with Gasteiger partial charge in [0.15, 0.2) is 0 Å². The number of hydrogen-bond donors (Lipinski definition) is 1. The molecule has 0 saturated heterocycles. The number of benzene rings is 2. The Balaban J connectivity index is 2.03. The summed E-state index contributed by atoms with van der Waals surface area (Å²) in [5.41, 5.74) is -0.476. The number of pyridine rings is 1. The van der Waals surface area contributed by atoms with Crippen molar-refractivity contribution >= 4 is 52.3 Å². The van der Waals surface area contributed by atoms with Crippen LogP contribution in [0, 0.1) is 6.92 Å². The first-order valence-corrected chi connectivity index (χ1v) is 9.47. The van der Waals surface area contributed by atoms with Crippen LogP contribution < -0.4 is 10.1 Å². The number of carbonyl (C=O) groups is 1.